The molecule has 0 amide bonds. The molecule has 0 unspecified atom stereocenters. The van der Waals surface area contributed by atoms with Crippen molar-refractivity contribution >= 4 is 21.9 Å². The fourth-order valence-corrected chi connectivity index (χ4v) is 2.34. The number of benzene rings is 1. The summed E-state index contributed by atoms with van der Waals surface area (Å²) in [5.74, 6) is -1.19. The average molecular weight is 342 g/mol. The van der Waals surface area contributed by atoms with E-state index in [2.05, 4.69) is 26.2 Å². The maximum absolute atomic E-state index is 13.8. The van der Waals surface area contributed by atoms with Crippen LogP contribution in [0.1, 0.15) is 25.0 Å². The molecule has 0 saturated heterocycles. The predicted molar refractivity (Wildman–Crippen MR) is 74.2 cm³/mol. The van der Waals surface area contributed by atoms with Crippen molar-refractivity contribution in [3.63, 3.8) is 0 Å². The number of nitrogens with zero attached hydrogens (tertiary/aromatic N) is 3. The van der Waals surface area contributed by atoms with Crippen LogP contribution in [0.15, 0.2) is 28.9 Å². The van der Waals surface area contributed by atoms with E-state index < -0.39 is 5.97 Å². The summed E-state index contributed by atoms with van der Waals surface area (Å²) in [5.41, 5.74) is 1.03. The Hall–Kier alpha value is -1.76. The molecule has 106 valence electrons. The van der Waals surface area contributed by atoms with E-state index in [0.717, 1.165) is 0 Å². The van der Waals surface area contributed by atoms with Crippen molar-refractivity contribution in [1.82, 2.24) is 15.0 Å². The minimum absolute atomic E-state index is 0.146. The molecule has 0 aliphatic rings. The average Bonchev–Trinajstić information content (AvgIpc) is 2.83. The Balaban J connectivity index is 2.04. The topological polar surface area (TPSA) is 68.0 Å². The first kappa shape index (κ1) is 14.6. The Morgan fingerprint density at radius 1 is 1.40 bits per heavy atom. The van der Waals surface area contributed by atoms with Crippen molar-refractivity contribution in [2.24, 2.45) is 0 Å². The van der Waals surface area contributed by atoms with Crippen LogP contribution in [-0.2, 0) is 11.2 Å². The van der Waals surface area contributed by atoms with E-state index in [4.69, 9.17) is 5.11 Å². The highest BCUT2D eigenvalue weighted by atomic mass is 79.9. The Kier molecular flexibility index (Phi) is 4.84. The predicted octanol–water partition coefficient (Wildman–Crippen LogP) is 2.97. The summed E-state index contributed by atoms with van der Waals surface area (Å²) in [4.78, 5) is 10.4. The monoisotopic (exact) mass is 341 g/mol. The molecular formula is C13H13BrFN3O2. The minimum atomic E-state index is -0.802. The number of aryl methyl sites for hydroxylation is 1. The van der Waals surface area contributed by atoms with Gasteiger partial charge in [-0.1, -0.05) is 11.3 Å². The van der Waals surface area contributed by atoms with E-state index in [9.17, 15) is 9.18 Å². The van der Waals surface area contributed by atoms with E-state index in [1.807, 2.05) is 0 Å². The van der Waals surface area contributed by atoms with Gasteiger partial charge in [0.1, 0.15) is 11.5 Å². The summed E-state index contributed by atoms with van der Waals surface area (Å²) in [5, 5.41) is 16.4. The van der Waals surface area contributed by atoms with Crippen LogP contribution in [-0.4, -0.2) is 26.1 Å². The summed E-state index contributed by atoms with van der Waals surface area (Å²) < 4.78 is 15.7. The number of carboxylic acid groups (broad SMARTS) is 1. The Bertz CT molecular complexity index is 595. The van der Waals surface area contributed by atoms with Gasteiger partial charge in [0.2, 0.25) is 0 Å². The molecular weight excluding hydrogens is 329 g/mol. The van der Waals surface area contributed by atoms with Gasteiger partial charge in [0.25, 0.3) is 0 Å². The highest BCUT2D eigenvalue weighted by Gasteiger charge is 2.11. The summed E-state index contributed by atoms with van der Waals surface area (Å²) in [6.07, 6.45) is 3.73. The van der Waals surface area contributed by atoms with Crippen molar-refractivity contribution in [2.45, 2.75) is 25.7 Å². The number of aromatic nitrogens is 3. The van der Waals surface area contributed by atoms with Gasteiger partial charge >= 0.3 is 5.97 Å². The van der Waals surface area contributed by atoms with E-state index in [0.29, 0.717) is 35.1 Å². The molecule has 5 nitrogen and oxygen atoms in total. The van der Waals surface area contributed by atoms with E-state index >= 15 is 0 Å². The maximum atomic E-state index is 13.8. The summed E-state index contributed by atoms with van der Waals surface area (Å²) in [6.45, 7) is 0. The van der Waals surface area contributed by atoms with Crippen LogP contribution in [0.4, 0.5) is 4.39 Å². The van der Waals surface area contributed by atoms with Gasteiger partial charge in [-0.25, -0.2) is 9.07 Å². The molecule has 1 heterocycles. The molecule has 0 atom stereocenters. The number of aliphatic carboxylic acids is 1. The van der Waals surface area contributed by atoms with Crippen LogP contribution in [0.3, 0.4) is 0 Å². The standard InChI is InChI=1S/C13H13BrFN3O2/c14-10-5-3-6-11(15)13(10)18-8-9(16-17-18)4-1-2-7-12(19)20/h3,5-6,8H,1-2,4,7H2,(H,19,20). The number of rotatable bonds is 6. The van der Waals surface area contributed by atoms with Gasteiger partial charge in [0, 0.05) is 10.9 Å². The summed E-state index contributed by atoms with van der Waals surface area (Å²) >= 11 is 3.28. The van der Waals surface area contributed by atoms with Gasteiger partial charge < -0.3 is 5.11 Å². The van der Waals surface area contributed by atoms with Gasteiger partial charge in [0.15, 0.2) is 0 Å². The van der Waals surface area contributed by atoms with Crippen LogP contribution in [0.5, 0.6) is 0 Å². The molecule has 2 rings (SSSR count). The van der Waals surface area contributed by atoms with Gasteiger partial charge in [-0.3, -0.25) is 4.79 Å². The summed E-state index contributed by atoms with van der Waals surface area (Å²) in [7, 11) is 0. The zero-order valence-corrected chi connectivity index (χ0v) is 12.2. The van der Waals surface area contributed by atoms with Gasteiger partial charge in [-0.15, -0.1) is 5.10 Å². The third kappa shape index (κ3) is 3.63. The fourth-order valence-electron chi connectivity index (χ4n) is 1.81. The highest BCUT2D eigenvalue weighted by molar-refractivity contribution is 9.10. The van der Waals surface area contributed by atoms with Crippen molar-refractivity contribution in [2.75, 3.05) is 0 Å². The first-order valence-corrected chi connectivity index (χ1v) is 6.94. The molecule has 0 bridgehead atoms. The zero-order chi connectivity index (χ0) is 14.5. The molecule has 20 heavy (non-hydrogen) atoms. The lowest BCUT2D eigenvalue weighted by Crippen LogP contribution is -1.99. The molecule has 0 aliphatic heterocycles. The lowest BCUT2D eigenvalue weighted by molar-refractivity contribution is -0.137. The Labute approximate surface area is 123 Å². The van der Waals surface area contributed by atoms with Gasteiger partial charge in [-0.05, 0) is 47.3 Å². The second-order valence-corrected chi connectivity index (χ2v) is 5.18. The molecule has 7 heteroatoms. The lowest BCUT2D eigenvalue weighted by Gasteiger charge is -2.04. The number of hydrogen-bond donors (Lipinski definition) is 1. The van der Waals surface area contributed by atoms with E-state index in [1.54, 1.807) is 18.3 Å². The number of para-hydroxylation sites is 1. The van der Waals surface area contributed by atoms with Crippen molar-refractivity contribution in [1.29, 1.82) is 0 Å². The number of halogens is 2. The molecule has 0 aliphatic carbocycles. The molecule has 0 spiro atoms. The van der Waals surface area contributed by atoms with Crippen LogP contribution in [0, 0.1) is 5.82 Å². The molecule has 1 aromatic heterocycles. The number of carboxylic acids is 1. The molecule has 2 aromatic rings. The fraction of sp³-hybridized carbons (Fsp3) is 0.308. The third-order valence-corrected chi connectivity index (χ3v) is 3.42. The minimum Gasteiger partial charge on any atom is -0.481 e. The van der Waals surface area contributed by atoms with Crippen LogP contribution in [0.25, 0.3) is 5.69 Å². The molecule has 1 N–H and O–H groups in total. The van der Waals surface area contributed by atoms with Crippen LogP contribution < -0.4 is 0 Å². The normalized spacial score (nSPS) is 10.7. The zero-order valence-electron chi connectivity index (χ0n) is 10.6. The number of hydrogen-bond acceptors (Lipinski definition) is 3. The highest BCUT2D eigenvalue weighted by Crippen LogP contribution is 2.23. The number of carbonyl (C=O) groups is 1. The quantitative estimate of drug-likeness (QED) is 0.820. The first-order valence-electron chi connectivity index (χ1n) is 6.15. The van der Waals surface area contributed by atoms with Crippen molar-refractivity contribution < 1.29 is 14.3 Å². The third-order valence-electron chi connectivity index (χ3n) is 2.78. The van der Waals surface area contributed by atoms with Gasteiger partial charge in [0.05, 0.1) is 11.9 Å². The molecule has 1 aromatic carbocycles. The molecule has 0 fully saturated rings. The largest absolute Gasteiger partial charge is 0.481 e. The maximum Gasteiger partial charge on any atom is 0.303 e. The first-order chi connectivity index (χ1) is 9.58. The van der Waals surface area contributed by atoms with Crippen molar-refractivity contribution in [3.8, 4) is 5.69 Å². The van der Waals surface area contributed by atoms with Crippen molar-refractivity contribution in [3.05, 3.63) is 40.4 Å². The Morgan fingerprint density at radius 2 is 2.20 bits per heavy atom. The van der Waals surface area contributed by atoms with Gasteiger partial charge in [-0.2, -0.15) is 0 Å². The molecule has 0 radical (unpaired) electrons. The smallest absolute Gasteiger partial charge is 0.303 e. The lowest BCUT2D eigenvalue weighted by atomic mass is 10.1. The SMILES string of the molecule is O=C(O)CCCCc1cn(-c2c(F)cccc2Br)nn1. The second kappa shape index (κ2) is 6.60. The molecule has 0 saturated carbocycles. The second-order valence-electron chi connectivity index (χ2n) is 4.33. The van der Waals surface area contributed by atoms with Crippen LogP contribution in [0.2, 0.25) is 0 Å². The van der Waals surface area contributed by atoms with E-state index in [1.165, 1.54) is 10.7 Å². The summed E-state index contributed by atoms with van der Waals surface area (Å²) in [6, 6.07) is 4.69. The van der Waals surface area contributed by atoms with E-state index in [-0.39, 0.29) is 12.2 Å². The number of unbranched alkanes of at least 4 members (excludes halogenated alkanes) is 1. The van der Waals surface area contributed by atoms with Crippen LogP contribution >= 0.6 is 15.9 Å². The Morgan fingerprint density at radius 3 is 2.90 bits per heavy atom.